The molecule has 0 radical (unpaired) electrons. The van der Waals surface area contributed by atoms with Crippen molar-refractivity contribution in [2.75, 3.05) is 5.73 Å². The number of anilines is 1. The number of nitrogens with zero attached hydrogens (tertiary/aromatic N) is 1. The SMILES string of the molecule is CCn1cc(COc2cccc(O)c2)c2cccc(N)c21. The third-order valence-corrected chi connectivity index (χ3v) is 3.56. The Hall–Kier alpha value is -2.62. The Bertz CT molecular complexity index is 778. The van der Waals surface area contributed by atoms with Crippen LogP contribution >= 0.6 is 0 Å². The van der Waals surface area contributed by atoms with Gasteiger partial charge >= 0.3 is 0 Å². The number of nitrogens with two attached hydrogens (primary N) is 1. The third kappa shape index (κ3) is 2.52. The fourth-order valence-corrected chi connectivity index (χ4v) is 2.56. The summed E-state index contributed by atoms with van der Waals surface area (Å²) in [7, 11) is 0. The smallest absolute Gasteiger partial charge is 0.123 e. The molecule has 0 unspecified atom stereocenters. The number of phenolic OH excluding ortho intramolecular Hbond substituents is 1. The van der Waals surface area contributed by atoms with E-state index >= 15 is 0 Å². The van der Waals surface area contributed by atoms with Crippen LogP contribution in [0.5, 0.6) is 11.5 Å². The number of para-hydroxylation sites is 1. The molecular formula is C17H18N2O2. The Kier molecular flexibility index (Phi) is 3.44. The zero-order valence-electron chi connectivity index (χ0n) is 11.9. The van der Waals surface area contributed by atoms with Gasteiger partial charge in [0.2, 0.25) is 0 Å². The van der Waals surface area contributed by atoms with Crippen molar-refractivity contribution in [1.29, 1.82) is 0 Å². The molecule has 0 aliphatic rings. The minimum absolute atomic E-state index is 0.202. The minimum Gasteiger partial charge on any atom is -0.508 e. The second-order valence-corrected chi connectivity index (χ2v) is 4.97. The molecule has 3 rings (SSSR count). The summed E-state index contributed by atoms with van der Waals surface area (Å²) < 4.78 is 7.90. The highest BCUT2D eigenvalue weighted by Crippen LogP contribution is 2.28. The number of ether oxygens (including phenoxy) is 1. The molecule has 0 saturated carbocycles. The lowest BCUT2D eigenvalue weighted by molar-refractivity contribution is 0.305. The van der Waals surface area contributed by atoms with Crippen molar-refractivity contribution in [2.45, 2.75) is 20.1 Å². The second-order valence-electron chi connectivity index (χ2n) is 4.97. The van der Waals surface area contributed by atoms with Crippen molar-refractivity contribution in [1.82, 2.24) is 4.57 Å². The minimum atomic E-state index is 0.202. The molecule has 3 N–H and O–H groups in total. The van der Waals surface area contributed by atoms with Gasteiger partial charge in [-0.1, -0.05) is 18.2 Å². The van der Waals surface area contributed by atoms with E-state index in [1.54, 1.807) is 18.2 Å². The van der Waals surface area contributed by atoms with E-state index in [4.69, 9.17) is 10.5 Å². The van der Waals surface area contributed by atoms with E-state index in [9.17, 15) is 5.11 Å². The first-order valence-corrected chi connectivity index (χ1v) is 6.97. The molecule has 0 bridgehead atoms. The molecule has 108 valence electrons. The third-order valence-electron chi connectivity index (χ3n) is 3.56. The fraction of sp³-hybridized carbons (Fsp3) is 0.176. The Morgan fingerprint density at radius 2 is 2.00 bits per heavy atom. The van der Waals surface area contributed by atoms with Crippen LogP contribution < -0.4 is 10.5 Å². The van der Waals surface area contributed by atoms with Crippen LogP contribution in [0.15, 0.2) is 48.7 Å². The summed E-state index contributed by atoms with van der Waals surface area (Å²) in [6, 6.07) is 12.7. The quantitative estimate of drug-likeness (QED) is 0.720. The van der Waals surface area contributed by atoms with Crippen LogP contribution in [0.3, 0.4) is 0 Å². The van der Waals surface area contributed by atoms with Gasteiger partial charge in [-0.3, -0.25) is 0 Å². The van der Waals surface area contributed by atoms with Gasteiger partial charge in [-0.25, -0.2) is 0 Å². The number of aromatic hydroxyl groups is 1. The number of nitrogen functional groups attached to an aromatic ring is 1. The van der Waals surface area contributed by atoms with Crippen LogP contribution in [0, 0.1) is 0 Å². The van der Waals surface area contributed by atoms with Gasteiger partial charge in [-0.15, -0.1) is 0 Å². The van der Waals surface area contributed by atoms with Crippen LogP contribution in [0.25, 0.3) is 10.9 Å². The zero-order valence-corrected chi connectivity index (χ0v) is 11.9. The summed E-state index contributed by atoms with van der Waals surface area (Å²) in [5, 5.41) is 10.6. The first kappa shape index (κ1) is 13.4. The lowest BCUT2D eigenvalue weighted by atomic mass is 10.1. The van der Waals surface area contributed by atoms with Crippen LogP contribution in [-0.2, 0) is 13.2 Å². The maximum atomic E-state index is 9.46. The molecule has 0 aliphatic carbocycles. The summed E-state index contributed by atoms with van der Waals surface area (Å²) in [4.78, 5) is 0. The van der Waals surface area contributed by atoms with E-state index in [2.05, 4.69) is 23.8 Å². The number of rotatable bonds is 4. The lowest BCUT2D eigenvalue weighted by Gasteiger charge is -2.05. The molecule has 4 nitrogen and oxygen atoms in total. The van der Waals surface area contributed by atoms with Gasteiger partial charge in [-0.2, -0.15) is 0 Å². The van der Waals surface area contributed by atoms with Crippen molar-refractivity contribution < 1.29 is 9.84 Å². The van der Waals surface area contributed by atoms with Gasteiger partial charge in [-0.05, 0) is 25.1 Å². The first-order valence-electron chi connectivity index (χ1n) is 6.97. The topological polar surface area (TPSA) is 60.4 Å². The molecule has 1 aromatic heterocycles. The van der Waals surface area contributed by atoms with Crippen molar-refractivity contribution in [3.05, 3.63) is 54.2 Å². The molecule has 2 aromatic carbocycles. The van der Waals surface area contributed by atoms with Gasteiger partial charge in [0.15, 0.2) is 0 Å². The van der Waals surface area contributed by atoms with Crippen LogP contribution in [0.1, 0.15) is 12.5 Å². The van der Waals surface area contributed by atoms with E-state index in [1.807, 2.05) is 18.2 Å². The molecular weight excluding hydrogens is 264 g/mol. The molecule has 0 atom stereocenters. The highest BCUT2D eigenvalue weighted by molar-refractivity contribution is 5.93. The molecule has 3 aromatic rings. The fourth-order valence-electron chi connectivity index (χ4n) is 2.56. The lowest BCUT2D eigenvalue weighted by Crippen LogP contribution is -1.95. The van der Waals surface area contributed by atoms with Crippen molar-refractivity contribution >= 4 is 16.6 Å². The number of phenols is 1. The van der Waals surface area contributed by atoms with Crippen LogP contribution in [0.4, 0.5) is 5.69 Å². The van der Waals surface area contributed by atoms with Gasteiger partial charge < -0.3 is 20.1 Å². The van der Waals surface area contributed by atoms with E-state index < -0.39 is 0 Å². The molecule has 0 saturated heterocycles. The largest absolute Gasteiger partial charge is 0.508 e. The highest BCUT2D eigenvalue weighted by atomic mass is 16.5. The average Bonchev–Trinajstić information content (AvgIpc) is 2.85. The van der Waals surface area contributed by atoms with Crippen molar-refractivity contribution in [3.63, 3.8) is 0 Å². The summed E-state index contributed by atoms with van der Waals surface area (Å²) in [5.74, 6) is 0.851. The van der Waals surface area contributed by atoms with Crippen LogP contribution in [0.2, 0.25) is 0 Å². The Labute approximate surface area is 123 Å². The van der Waals surface area contributed by atoms with Crippen molar-refractivity contribution in [3.8, 4) is 11.5 Å². The molecule has 0 amide bonds. The van der Waals surface area contributed by atoms with Gasteiger partial charge in [0.25, 0.3) is 0 Å². The Balaban J connectivity index is 1.92. The number of fused-ring (bicyclic) bond motifs is 1. The first-order chi connectivity index (χ1) is 10.2. The van der Waals surface area contributed by atoms with Gasteiger partial charge in [0.05, 0.1) is 11.2 Å². The predicted octanol–water partition coefficient (Wildman–Crippen LogP) is 3.53. The maximum Gasteiger partial charge on any atom is 0.123 e. The molecule has 21 heavy (non-hydrogen) atoms. The number of benzene rings is 2. The van der Waals surface area contributed by atoms with Crippen LogP contribution in [-0.4, -0.2) is 9.67 Å². The summed E-state index contributed by atoms with van der Waals surface area (Å²) in [5.41, 5.74) is 8.99. The van der Waals surface area contributed by atoms with E-state index in [-0.39, 0.29) is 5.75 Å². The normalized spacial score (nSPS) is 10.9. The molecule has 0 fully saturated rings. The van der Waals surface area contributed by atoms with Crippen molar-refractivity contribution in [2.24, 2.45) is 0 Å². The number of hydrogen-bond donors (Lipinski definition) is 2. The average molecular weight is 282 g/mol. The summed E-state index contributed by atoms with van der Waals surface area (Å²) in [6.07, 6.45) is 2.07. The molecule has 4 heteroatoms. The predicted molar refractivity (Wildman–Crippen MR) is 84.5 cm³/mol. The zero-order chi connectivity index (χ0) is 14.8. The van der Waals surface area contributed by atoms with E-state index in [0.29, 0.717) is 12.4 Å². The summed E-state index contributed by atoms with van der Waals surface area (Å²) in [6.45, 7) is 3.39. The van der Waals surface area contributed by atoms with E-state index in [1.165, 1.54) is 0 Å². The Morgan fingerprint density at radius 3 is 2.76 bits per heavy atom. The maximum absolute atomic E-state index is 9.46. The Morgan fingerprint density at radius 1 is 1.19 bits per heavy atom. The van der Waals surface area contributed by atoms with Gasteiger partial charge in [0.1, 0.15) is 18.1 Å². The molecule has 0 spiro atoms. The monoisotopic (exact) mass is 282 g/mol. The van der Waals surface area contributed by atoms with Gasteiger partial charge in [0, 0.05) is 29.8 Å². The molecule has 0 aliphatic heterocycles. The molecule has 1 heterocycles. The standard InChI is InChI=1S/C17H18N2O2/c1-2-19-10-12(15-7-4-8-16(18)17(15)19)11-21-14-6-3-5-13(20)9-14/h3-10,20H,2,11,18H2,1H3. The second kappa shape index (κ2) is 5.40. The number of aryl methyl sites for hydroxylation is 1. The summed E-state index contributed by atoms with van der Waals surface area (Å²) >= 11 is 0. The van der Waals surface area contributed by atoms with E-state index in [0.717, 1.165) is 28.7 Å². The number of aromatic nitrogens is 1. The number of hydrogen-bond acceptors (Lipinski definition) is 3. The highest BCUT2D eigenvalue weighted by Gasteiger charge is 2.10.